The molecule has 0 aromatic carbocycles. The molecule has 0 bridgehead atoms. The molecule has 1 fully saturated rings. The van der Waals surface area contributed by atoms with Gasteiger partial charge in [-0.05, 0) is 35.7 Å². The third-order valence-corrected chi connectivity index (χ3v) is 6.94. The molecule has 1 aliphatic carbocycles. The fourth-order valence-corrected chi connectivity index (χ4v) is 4.89. The van der Waals surface area contributed by atoms with E-state index in [4.69, 9.17) is 0 Å². The van der Waals surface area contributed by atoms with Crippen LogP contribution in [0.15, 0.2) is 40.1 Å². The number of likely N-dealkylation sites (N-methyl/N-ethyl adjacent to an activating group) is 1. The number of thiophene rings is 2. The quantitative estimate of drug-likeness (QED) is 0.785. The van der Waals surface area contributed by atoms with Gasteiger partial charge in [-0.25, -0.2) is 5.01 Å². The van der Waals surface area contributed by atoms with Crippen LogP contribution in [0.5, 0.6) is 0 Å². The Morgan fingerprint density at radius 1 is 1.23 bits per heavy atom. The third kappa shape index (κ3) is 3.33. The Morgan fingerprint density at radius 2 is 2.00 bits per heavy atom. The number of carbonyl (C=O) groups excluding carboxylic acids is 2. The second-order valence-electron chi connectivity index (χ2n) is 6.82. The molecular formula is C19H21N3O2S2. The van der Waals surface area contributed by atoms with Crippen LogP contribution in [0.2, 0.25) is 0 Å². The van der Waals surface area contributed by atoms with Crippen LogP contribution in [0, 0.1) is 5.92 Å². The summed E-state index contributed by atoms with van der Waals surface area (Å²) in [6.07, 6.45) is 3.71. The van der Waals surface area contributed by atoms with Crippen molar-refractivity contribution in [3.8, 4) is 0 Å². The molecule has 26 heavy (non-hydrogen) atoms. The molecule has 2 aliphatic rings. The number of hydrogen-bond acceptors (Lipinski definition) is 5. The van der Waals surface area contributed by atoms with E-state index in [1.54, 1.807) is 39.6 Å². The molecule has 0 saturated heterocycles. The molecule has 2 aromatic heterocycles. The SMILES string of the molecule is CN(CC(=O)N1N=C(c2cccs2)C[C@H]1c1cccs1)C(=O)C1CCC1. The van der Waals surface area contributed by atoms with Gasteiger partial charge in [0.05, 0.1) is 16.6 Å². The van der Waals surface area contributed by atoms with Crippen molar-refractivity contribution in [2.75, 3.05) is 13.6 Å². The summed E-state index contributed by atoms with van der Waals surface area (Å²) in [5.41, 5.74) is 0.944. The summed E-state index contributed by atoms with van der Waals surface area (Å²) in [6, 6.07) is 8.00. The summed E-state index contributed by atoms with van der Waals surface area (Å²) in [7, 11) is 1.72. The molecule has 0 radical (unpaired) electrons. The zero-order chi connectivity index (χ0) is 18.1. The number of amides is 2. The minimum Gasteiger partial charge on any atom is -0.336 e. The lowest BCUT2D eigenvalue weighted by Crippen LogP contribution is -2.42. The Bertz CT molecular complexity index is 810. The molecular weight excluding hydrogens is 366 g/mol. The lowest BCUT2D eigenvalue weighted by molar-refractivity contribution is -0.144. The van der Waals surface area contributed by atoms with Gasteiger partial charge in [0.15, 0.2) is 0 Å². The second-order valence-corrected chi connectivity index (χ2v) is 8.75. The van der Waals surface area contributed by atoms with Crippen molar-refractivity contribution in [3.63, 3.8) is 0 Å². The maximum absolute atomic E-state index is 12.9. The molecule has 0 unspecified atom stereocenters. The first-order chi connectivity index (χ1) is 12.6. The Morgan fingerprint density at radius 3 is 2.62 bits per heavy atom. The summed E-state index contributed by atoms with van der Waals surface area (Å²) < 4.78 is 0. The molecule has 3 heterocycles. The normalized spacial score (nSPS) is 20.0. The van der Waals surface area contributed by atoms with Gasteiger partial charge in [-0.15, -0.1) is 22.7 Å². The van der Waals surface area contributed by atoms with E-state index in [0.717, 1.165) is 34.7 Å². The van der Waals surface area contributed by atoms with Gasteiger partial charge in [0.2, 0.25) is 5.91 Å². The van der Waals surface area contributed by atoms with Crippen LogP contribution in [-0.2, 0) is 9.59 Å². The average molecular weight is 388 g/mol. The molecule has 2 amide bonds. The highest BCUT2D eigenvalue weighted by Gasteiger charge is 2.36. The summed E-state index contributed by atoms with van der Waals surface area (Å²) in [5.74, 6) is 0.0636. The zero-order valence-corrected chi connectivity index (χ0v) is 16.3. The van der Waals surface area contributed by atoms with E-state index < -0.39 is 0 Å². The minimum atomic E-state index is -0.120. The van der Waals surface area contributed by atoms with E-state index in [1.165, 1.54) is 0 Å². The Labute approximate surface area is 160 Å². The van der Waals surface area contributed by atoms with E-state index in [0.29, 0.717) is 6.42 Å². The largest absolute Gasteiger partial charge is 0.336 e. The summed E-state index contributed by atoms with van der Waals surface area (Å²) >= 11 is 3.28. The van der Waals surface area contributed by atoms with Gasteiger partial charge in [-0.2, -0.15) is 5.10 Å². The van der Waals surface area contributed by atoms with Crippen LogP contribution in [0.25, 0.3) is 0 Å². The fraction of sp³-hybridized carbons (Fsp3) is 0.421. The van der Waals surface area contributed by atoms with E-state index in [1.807, 2.05) is 35.0 Å². The second kappa shape index (κ2) is 7.32. The van der Waals surface area contributed by atoms with Crippen molar-refractivity contribution in [3.05, 3.63) is 44.8 Å². The number of rotatable bonds is 5. The highest BCUT2D eigenvalue weighted by atomic mass is 32.1. The first-order valence-electron chi connectivity index (χ1n) is 8.85. The van der Waals surface area contributed by atoms with Crippen LogP contribution in [0.1, 0.15) is 41.5 Å². The fourth-order valence-electron chi connectivity index (χ4n) is 3.35. The van der Waals surface area contributed by atoms with Crippen molar-refractivity contribution >= 4 is 40.2 Å². The maximum Gasteiger partial charge on any atom is 0.262 e. The molecule has 1 aliphatic heterocycles. The monoisotopic (exact) mass is 387 g/mol. The number of hydrogen-bond donors (Lipinski definition) is 0. The topological polar surface area (TPSA) is 53.0 Å². The Balaban J connectivity index is 1.52. The van der Waals surface area contributed by atoms with Crippen LogP contribution >= 0.6 is 22.7 Å². The van der Waals surface area contributed by atoms with Gasteiger partial charge >= 0.3 is 0 Å². The minimum absolute atomic E-state index is 0.0770. The molecule has 136 valence electrons. The molecule has 0 spiro atoms. The third-order valence-electron chi connectivity index (χ3n) is 5.05. The number of hydrazone groups is 1. The van der Waals surface area contributed by atoms with E-state index in [2.05, 4.69) is 5.10 Å². The van der Waals surface area contributed by atoms with E-state index in [-0.39, 0.29) is 30.3 Å². The molecule has 0 N–H and O–H groups in total. The van der Waals surface area contributed by atoms with E-state index in [9.17, 15) is 9.59 Å². The van der Waals surface area contributed by atoms with Crippen molar-refractivity contribution in [2.45, 2.75) is 31.7 Å². The van der Waals surface area contributed by atoms with Gasteiger partial charge in [0.1, 0.15) is 6.54 Å². The molecule has 5 nitrogen and oxygen atoms in total. The lowest BCUT2D eigenvalue weighted by Gasteiger charge is -2.30. The molecule has 1 saturated carbocycles. The van der Waals surface area contributed by atoms with Crippen molar-refractivity contribution in [1.29, 1.82) is 0 Å². The maximum atomic E-state index is 12.9. The van der Waals surface area contributed by atoms with Crippen molar-refractivity contribution in [1.82, 2.24) is 9.91 Å². The van der Waals surface area contributed by atoms with Crippen molar-refractivity contribution in [2.24, 2.45) is 11.0 Å². The summed E-state index contributed by atoms with van der Waals surface area (Å²) in [4.78, 5) is 29.1. The van der Waals surface area contributed by atoms with Gasteiger partial charge in [-0.3, -0.25) is 9.59 Å². The first-order valence-corrected chi connectivity index (χ1v) is 10.6. The van der Waals surface area contributed by atoms with Gasteiger partial charge < -0.3 is 4.90 Å². The molecule has 4 rings (SSSR count). The number of nitrogens with zero attached hydrogens (tertiary/aromatic N) is 3. The number of carbonyl (C=O) groups is 2. The van der Waals surface area contributed by atoms with Crippen LogP contribution in [0.3, 0.4) is 0 Å². The summed E-state index contributed by atoms with van der Waals surface area (Å²) in [6.45, 7) is 0.0818. The molecule has 2 aromatic rings. The molecule has 7 heteroatoms. The smallest absolute Gasteiger partial charge is 0.262 e. The first kappa shape index (κ1) is 17.4. The van der Waals surface area contributed by atoms with Crippen molar-refractivity contribution < 1.29 is 9.59 Å². The van der Waals surface area contributed by atoms with Gasteiger partial charge in [0.25, 0.3) is 5.91 Å². The lowest BCUT2D eigenvalue weighted by atomic mass is 9.84. The highest BCUT2D eigenvalue weighted by Crippen LogP contribution is 2.36. The average Bonchev–Trinajstić information content (AvgIpc) is 3.31. The van der Waals surface area contributed by atoms with Gasteiger partial charge in [-0.1, -0.05) is 18.6 Å². The van der Waals surface area contributed by atoms with Gasteiger partial charge in [0, 0.05) is 24.3 Å². The zero-order valence-electron chi connectivity index (χ0n) is 14.6. The van der Waals surface area contributed by atoms with Crippen LogP contribution in [-0.4, -0.2) is 41.0 Å². The Kier molecular flexibility index (Phi) is 4.91. The predicted octanol–water partition coefficient (Wildman–Crippen LogP) is 3.75. The van der Waals surface area contributed by atoms with Crippen LogP contribution in [0.4, 0.5) is 0 Å². The highest BCUT2D eigenvalue weighted by molar-refractivity contribution is 7.12. The standard InChI is InChI=1S/C19H21N3O2S2/c1-21(19(24)13-5-2-6-13)12-18(23)22-15(17-8-4-10-26-17)11-14(20-22)16-7-3-9-25-16/h3-4,7-10,13,15H,2,5-6,11-12H2,1H3/t15-/m0/s1. The Hall–Kier alpha value is -1.99. The summed E-state index contributed by atoms with van der Waals surface area (Å²) in [5, 5.41) is 10.3. The predicted molar refractivity (Wildman–Crippen MR) is 104 cm³/mol. The van der Waals surface area contributed by atoms with E-state index >= 15 is 0 Å². The molecule has 1 atom stereocenters. The van der Waals surface area contributed by atoms with Crippen LogP contribution < -0.4 is 0 Å².